The van der Waals surface area contributed by atoms with Crippen LogP contribution in [0.5, 0.6) is 0 Å². The minimum absolute atomic E-state index is 0. The molecule has 2 aliphatic rings. The second-order valence-corrected chi connectivity index (χ2v) is 7.93. The van der Waals surface area contributed by atoms with E-state index in [1.165, 1.54) is 38.4 Å². The molecule has 0 aromatic rings. The first-order chi connectivity index (χ1) is 7.49. The zero-order valence-corrected chi connectivity index (χ0v) is 12.2. The van der Waals surface area contributed by atoms with Crippen molar-refractivity contribution in [1.82, 2.24) is 5.32 Å². The van der Waals surface area contributed by atoms with Crippen LogP contribution in [0.3, 0.4) is 0 Å². The highest BCUT2D eigenvalue weighted by Gasteiger charge is 2.45. The molecule has 0 atom stereocenters. The minimum Gasteiger partial charge on any atom is -0.313 e. The Morgan fingerprint density at radius 1 is 1.18 bits per heavy atom. The molecular formula is C12H24ClNO2S. The molecule has 0 spiro atoms. The fourth-order valence-electron chi connectivity index (χ4n) is 2.77. The van der Waals surface area contributed by atoms with Crippen molar-refractivity contribution in [3.63, 3.8) is 0 Å². The van der Waals surface area contributed by atoms with Gasteiger partial charge in [0.05, 0.1) is 5.75 Å². The Morgan fingerprint density at radius 3 is 2.24 bits per heavy atom. The van der Waals surface area contributed by atoms with Gasteiger partial charge in [0.25, 0.3) is 0 Å². The van der Waals surface area contributed by atoms with Crippen molar-refractivity contribution in [3.8, 4) is 0 Å². The summed E-state index contributed by atoms with van der Waals surface area (Å²) in [5, 5.41) is 3.58. The van der Waals surface area contributed by atoms with Gasteiger partial charge >= 0.3 is 0 Å². The molecule has 0 radical (unpaired) electrons. The Morgan fingerprint density at radius 2 is 1.76 bits per heavy atom. The van der Waals surface area contributed by atoms with Crippen LogP contribution in [0.2, 0.25) is 0 Å². The van der Waals surface area contributed by atoms with E-state index in [0.29, 0.717) is 11.8 Å². The summed E-state index contributed by atoms with van der Waals surface area (Å²) in [5.74, 6) is 0.375. The average molecular weight is 282 g/mol. The van der Waals surface area contributed by atoms with E-state index in [0.717, 1.165) is 19.4 Å². The van der Waals surface area contributed by atoms with Crippen LogP contribution in [-0.2, 0) is 9.84 Å². The topological polar surface area (TPSA) is 46.2 Å². The van der Waals surface area contributed by atoms with Gasteiger partial charge in [-0.15, -0.1) is 12.4 Å². The number of sulfone groups is 1. The quantitative estimate of drug-likeness (QED) is 0.840. The number of hydrogen-bond acceptors (Lipinski definition) is 3. The third-order valence-corrected chi connectivity index (χ3v) is 5.03. The highest BCUT2D eigenvalue weighted by Crippen LogP contribution is 2.46. The lowest BCUT2D eigenvalue weighted by molar-refractivity contribution is 0.347. The van der Waals surface area contributed by atoms with Crippen LogP contribution in [0.15, 0.2) is 0 Å². The second kappa shape index (κ2) is 5.89. The maximum atomic E-state index is 11.3. The van der Waals surface area contributed by atoms with Gasteiger partial charge in [0.1, 0.15) is 9.84 Å². The Bertz CT molecular complexity index is 332. The third-order valence-electron chi connectivity index (χ3n) is 3.90. The lowest BCUT2D eigenvalue weighted by atomic mass is 9.95. The predicted molar refractivity (Wildman–Crippen MR) is 73.5 cm³/mol. The summed E-state index contributed by atoms with van der Waals surface area (Å²) >= 11 is 0. The first-order valence-corrected chi connectivity index (χ1v) is 8.46. The van der Waals surface area contributed by atoms with Crippen LogP contribution in [0.25, 0.3) is 0 Å². The van der Waals surface area contributed by atoms with Gasteiger partial charge in [-0.2, -0.15) is 0 Å². The Balaban J connectivity index is 0.00000144. The molecule has 1 N–H and O–H groups in total. The molecule has 0 aromatic heterocycles. The van der Waals surface area contributed by atoms with Crippen molar-refractivity contribution in [1.29, 1.82) is 0 Å². The van der Waals surface area contributed by atoms with Gasteiger partial charge in [-0.25, -0.2) is 8.42 Å². The summed E-state index contributed by atoms with van der Waals surface area (Å²) in [6.45, 7) is 0.907. The maximum absolute atomic E-state index is 11.3. The highest BCUT2D eigenvalue weighted by molar-refractivity contribution is 7.90. The van der Waals surface area contributed by atoms with E-state index in [9.17, 15) is 8.42 Å². The molecule has 0 aromatic carbocycles. The van der Waals surface area contributed by atoms with Crippen LogP contribution in [-0.4, -0.2) is 33.0 Å². The Labute approximate surface area is 111 Å². The van der Waals surface area contributed by atoms with E-state index < -0.39 is 9.84 Å². The summed E-state index contributed by atoms with van der Waals surface area (Å²) in [7, 11) is -2.81. The monoisotopic (exact) mass is 281 g/mol. The van der Waals surface area contributed by atoms with Crippen LogP contribution >= 0.6 is 12.4 Å². The van der Waals surface area contributed by atoms with Crippen molar-refractivity contribution in [2.45, 2.75) is 51.0 Å². The minimum atomic E-state index is -2.81. The Hall–Kier alpha value is 0.200. The standard InChI is InChI=1S/C12H23NO2S.ClH/c1-16(14,15)10-12(7-8-12)9-13-11-5-3-2-4-6-11;/h11,13H,2-10H2,1H3;1H. The van der Waals surface area contributed by atoms with Crippen molar-refractivity contribution >= 4 is 22.2 Å². The van der Waals surface area contributed by atoms with Crippen molar-refractivity contribution in [3.05, 3.63) is 0 Å². The fourth-order valence-corrected chi connectivity index (χ4v) is 4.28. The van der Waals surface area contributed by atoms with E-state index in [1.807, 2.05) is 0 Å². The van der Waals surface area contributed by atoms with Crippen LogP contribution in [0.4, 0.5) is 0 Å². The zero-order chi connectivity index (χ0) is 11.6. The molecule has 3 nitrogen and oxygen atoms in total. The van der Waals surface area contributed by atoms with Gasteiger partial charge in [0.15, 0.2) is 0 Å². The number of nitrogens with one attached hydrogen (secondary N) is 1. The SMILES string of the molecule is CS(=O)(=O)CC1(CNC2CCCCC2)CC1.Cl. The molecule has 0 heterocycles. The van der Waals surface area contributed by atoms with E-state index in [-0.39, 0.29) is 17.8 Å². The molecular weight excluding hydrogens is 258 g/mol. The molecule has 0 saturated heterocycles. The lowest BCUT2D eigenvalue weighted by Crippen LogP contribution is -2.37. The molecule has 17 heavy (non-hydrogen) atoms. The second-order valence-electron chi connectivity index (χ2n) is 5.79. The summed E-state index contributed by atoms with van der Waals surface area (Å²) < 4.78 is 22.6. The summed E-state index contributed by atoms with van der Waals surface area (Å²) in [5.41, 5.74) is 0.0883. The maximum Gasteiger partial charge on any atom is 0.148 e. The fraction of sp³-hybridized carbons (Fsp3) is 1.00. The van der Waals surface area contributed by atoms with E-state index in [1.54, 1.807) is 0 Å². The van der Waals surface area contributed by atoms with Crippen molar-refractivity contribution in [2.24, 2.45) is 5.41 Å². The van der Waals surface area contributed by atoms with E-state index >= 15 is 0 Å². The van der Waals surface area contributed by atoms with Gasteiger partial charge in [-0.3, -0.25) is 0 Å². The number of rotatable bonds is 5. The molecule has 2 saturated carbocycles. The average Bonchev–Trinajstić information content (AvgIpc) is 2.95. The van der Waals surface area contributed by atoms with E-state index in [4.69, 9.17) is 0 Å². The lowest BCUT2D eigenvalue weighted by Gasteiger charge is -2.25. The van der Waals surface area contributed by atoms with Crippen molar-refractivity contribution < 1.29 is 8.42 Å². The molecule has 102 valence electrons. The van der Waals surface area contributed by atoms with Gasteiger partial charge in [0, 0.05) is 18.8 Å². The summed E-state index contributed by atoms with van der Waals surface area (Å²) in [6, 6.07) is 0.644. The smallest absolute Gasteiger partial charge is 0.148 e. The van der Waals surface area contributed by atoms with Gasteiger partial charge in [0.2, 0.25) is 0 Å². The number of hydrogen-bond donors (Lipinski definition) is 1. The largest absolute Gasteiger partial charge is 0.313 e. The third kappa shape index (κ3) is 5.14. The molecule has 5 heteroatoms. The van der Waals surface area contributed by atoms with Gasteiger partial charge in [-0.05, 0) is 31.1 Å². The molecule has 2 rings (SSSR count). The summed E-state index contributed by atoms with van der Waals surface area (Å²) in [6.07, 6.45) is 10.1. The van der Waals surface area contributed by atoms with Crippen molar-refractivity contribution in [2.75, 3.05) is 18.6 Å². The van der Waals surface area contributed by atoms with Gasteiger partial charge in [-0.1, -0.05) is 19.3 Å². The molecule has 2 aliphatic carbocycles. The molecule has 0 aliphatic heterocycles. The molecule has 2 fully saturated rings. The van der Waals surface area contributed by atoms with Gasteiger partial charge < -0.3 is 5.32 Å². The highest BCUT2D eigenvalue weighted by atomic mass is 35.5. The first kappa shape index (κ1) is 15.3. The van der Waals surface area contributed by atoms with E-state index in [2.05, 4.69) is 5.32 Å². The molecule has 0 unspecified atom stereocenters. The first-order valence-electron chi connectivity index (χ1n) is 6.40. The normalized spacial score (nSPS) is 24.1. The molecule has 0 amide bonds. The zero-order valence-electron chi connectivity index (χ0n) is 10.6. The Kier molecular flexibility index (Phi) is 5.29. The molecule has 0 bridgehead atoms. The predicted octanol–water partition coefficient (Wildman–Crippen LogP) is 2.16. The van der Waals surface area contributed by atoms with Crippen LogP contribution in [0.1, 0.15) is 44.9 Å². The summed E-state index contributed by atoms with van der Waals surface area (Å²) in [4.78, 5) is 0. The van der Waals surface area contributed by atoms with Crippen LogP contribution in [0, 0.1) is 5.41 Å². The number of halogens is 1. The van der Waals surface area contributed by atoms with Crippen LogP contribution < -0.4 is 5.32 Å².